The monoisotopic (exact) mass is 398 g/mol. The summed E-state index contributed by atoms with van der Waals surface area (Å²) < 4.78 is 16.3. The summed E-state index contributed by atoms with van der Waals surface area (Å²) in [6.45, 7) is 8.71. The van der Waals surface area contributed by atoms with E-state index < -0.39 is 29.5 Å². The average molecular weight is 398 g/mol. The lowest BCUT2D eigenvalue weighted by molar-refractivity contribution is -0.206. The van der Waals surface area contributed by atoms with Crippen LogP contribution in [-0.2, 0) is 19.0 Å². The molecule has 29 heavy (non-hydrogen) atoms. The molecule has 3 rings (SSSR count). The van der Waals surface area contributed by atoms with Gasteiger partial charge in [-0.3, -0.25) is 4.98 Å². The van der Waals surface area contributed by atoms with E-state index in [1.807, 2.05) is 30.3 Å². The molecule has 1 aromatic carbocycles. The van der Waals surface area contributed by atoms with Crippen LogP contribution in [-0.4, -0.2) is 28.4 Å². The van der Waals surface area contributed by atoms with Crippen molar-refractivity contribution in [2.45, 2.75) is 58.5 Å². The van der Waals surface area contributed by atoms with E-state index in [9.17, 15) is 9.59 Å². The Kier molecular flexibility index (Phi) is 5.50. The number of esters is 1. The largest absolute Gasteiger partial charge is 0.457 e. The van der Waals surface area contributed by atoms with Gasteiger partial charge in [0.1, 0.15) is 11.4 Å². The zero-order valence-electron chi connectivity index (χ0n) is 17.3. The first-order chi connectivity index (χ1) is 13.5. The molecule has 0 saturated heterocycles. The Morgan fingerprint density at radius 3 is 2.66 bits per heavy atom. The molecule has 1 N–H and O–H groups in total. The molecule has 1 aliphatic rings. The smallest absolute Gasteiger partial charge is 0.408 e. The van der Waals surface area contributed by atoms with Crippen LogP contribution in [0.4, 0.5) is 4.79 Å². The van der Waals surface area contributed by atoms with Crippen LogP contribution in [0.3, 0.4) is 0 Å². The predicted molar refractivity (Wildman–Crippen MR) is 108 cm³/mol. The van der Waals surface area contributed by atoms with E-state index in [0.717, 1.165) is 16.5 Å². The van der Waals surface area contributed by atoms with E-state index in [1.54, 1.807) is 40.8 Å². The molecule has 0 unspecified atom stereocenters. The molecule has 0 spiro atoms. The van der Waals surface area contributed by atoms with Crippen molar-refractivity contribution in [1.82, 2.24) is 10.3 Å². The summed E-state index contributed by atoms with van der Waals surface area (Å²) in [7, 11) is 0. The van der Waals surface area contributed by atoms with Crippen molar-refractivity contribution in [2.24, 2.45) is 0 Å². The lowest BCUT2D eigenvalue weighted by atomic mass is 10.0. The van der Waals surface area contributed by atoms with E-state index >= 15 is 0 Å². The second-order valence-corrected chi connectivity index (χ2v) is 8.40. The second-order valence-electron chi connectivity index (χ2n) is 8.40. The van der Waals surface area contributed by atoms with E-state index in [4.69, 9.17) is 14.2 Å². The van der Waals surface area contributed by atoms with Crippen LogP contribution in [0, 0.1) is 0 Å². The summed E-state index contributed by atoms with van der Waals surface area (Å²) in [5, 5.41) is 3.81. The van der Waals surface area contributed by atoms with Crippen LogP contribution in [0.15, 0.2) is 48.4 Å². The number of nitrogens with one attached hydrogen (secondary N) is 1. The Hall–Kier alpha value is -3.09. The maximum absolute atomic E-state index is 12.4. The number of hydrogen-bond acceptors (Lipinski definition) is 6. The molecular formula is C22H26N2O5. The fraction of sp³-hybridized carbons (Fsp3) is 0.409. The van der Waals surface area contributed by atoms with Crippen LogP contribution in [0.2, 0.25) is 0 Å². The number of aromatic nitrogens is 1. The fourth-order valence-corrected chi connectivity index (χ4v) is 3.05. The SMILES string of the molecule is CC(C)(C)OC(=O)N[C@H](CC1=CC(=O)OC(C)(C)O1)c1cnc2ccccc2c1. The number of para-hydroxylation sites is 1. The van der Waals surface area contributed by atoms with Gasteiger partial charge in [0, 0.05) is 31.9 Å². The highest BCUT2D eigenvalue weighted by atomic mass is 16.7. The van der Waals surface area contributed by atoms with Crippen molar-refractivity contribution >= 4 is 23.0 Å². The standard InChI is InChI=1S/C22H26N2O5/c1-21(2,3)29-20(26)24-18(11-16-12-19(25)28-22(4,5)27-16)15-10-14-8-6-7-9-17(14)23-13-15/h6-10,12-13,18H,11H2,1-5H3,(H,24,26)/t18-/m1/s1. The van der Waals surface area contributed by atoms with E-state index in [-0.39, 0.29) is 6.42 Å². The molecule has 154 valence electrons. The molecule has 2 heterocycles. The second kappa shape index (κ2) is 7.73. The summed E-state index contributed by atoms with van der Waals surface area (Å²) >= 11 is 0. The lowest BCUT2D eigenvalue weighted by Gasteiger charge is -2.32. The van der Waals surface area contributed by atoms with Gasteiger partial charge in [0.15, 0.2) is 0 Å². The first-order valence-electron chi connectivity index (χ1n) is 9.47. The Bertz CT molecular complexity index is 959. The Morgan fingerprint density at radius 1 is 1.24 bits per heavy atom. The molecule has 1 amide bonds. The highest BCUT2D eigenvalue weighted by molar-refractivity contribution is 5.83. The normalized spacial score (nSPS) is 17.0. The molecule has 1 aliphatic heterocycles. The zero-order valence-corrected chi connectivity index (χ0v) is 17.3. The quantitative estimate of drug-likeness (QED) is 0.769. The van der Waals surface area contributed by atoms with Gasteiger partial charge in [-0.15, -0.1) is 0 Å². The molecule has 7 nitrogen and oxygen atoms in total. The number of nitrogens with zero attached hydrogens (tertiary/aromatic N) is 1. The summed E-state index contributed by atoms with van der Waals surface area (Å²) in [4.78, 5) is 28.8. The number of rotatable bonds is 4. The third-order valence-corrected chi connectivity index (χ3v) is 4.11. The molecule has 0 aliphatic carbocycles. The van der Waals surface area contributed by atoms with E-state index in [0.29, 0.717) is 5.76 Å². The molecular weight excluding hydrogens is 372 g/mol. The third kappa shape index (κ3) is 5.70. The average Bonchev–Trinajstić information content (AvgIpc) is 2.57. The number of ether oxygens (including phenoxy) is 3. The van der Waals surface area contributed by atoms with Gasteiger partial charge in [-0.05, 0) is 38.5 Å². The maximum Gasteiger partial charge on any atom is 0.408 e. The van der Waals surface area contributed by atoms with E-state index in [2.05, 4.69) is 10.3 Å². The number of alkyl carbamates (subject to hydrolysis) is 1. The van der Waals surface area contributed by atoms with Crippen molar-refractivity contribution in [2.75, 3.05) is 0 Å². The predicted octanol–water partition coefficient (Wildman–Crippen LogP) is 4.38. The lowest BCUT2D eigenvalue weighted by Crippen LogP contribution is -2.37. The number of benzene rings is 1. The number of hydrogen-bond donors (Lipinski definition) is 1. The highest BCUT2D eigenvalue weighted by Gasteiger charge is 2.32. The fourth-order valence-electron chi connectivity index (χ4n) is 3.05. The van der Waals surface area contributed by atoms with Gasteiger partial charge in [0.05, 0.1) is 17.6 Å². The number of pyridine rings is 1. The minimum atomic E-state index is -1.07. The zero-order chi connectivity index (χ0) is 21.2. The van der Waals surface area contributed by atoms with Gasteiger partial charge in [0.25, 0.3) is 0 Å². The van der Waals surface area contributed by atoms with Crippen LogP contribution in [0.5, 0.6) is 0 Å². The topological polar surface area (TPSA) is 86.8 Å². The minimum Gasteiger partial charge on any atom is -0.457 e. The van der Waals surface area contributed by atoms with Gasteiger partial charge < -0.3 is 19.5 Å². The molecule has 1 atom stereocenters. The van der Waals surface area contributed by atoms with Crippen LogP contribution in [0.1, 0.15) is 52.6 Å². The Balaban J connectivity index is 1.90. The Morgan fingerprint density at radius 2 is 1.97 bits per heavy atom. The number of carbonyl (C=O) groups is 2. The van der Waals surface area contributed by atoms with Crippen molar-refractivity contribution in [3.05, 3.63) is 53.9 Å². The summed E-state index contributed by atoms with van der Waals surface area (Å²) in [5.41, 5.74) is 0.990. The maximum atomic E-state index is 12.4. The Labute approximate surface area is 170 Å². The molecule has 0 radical (unpaired) electrons. The van der Waals surface area contributed by atoms with Crippen molar-refractivity contribution in [1.29, 1.82) is 0 Å². The van der Waals surface area contributed by atoms with Crippen LogP contribution >= 0.6 is 0 Å². The summed E-state index contributed by atoms with van der Waals surface area (Å²) in [5.74, 6) is -1.14. The molecule has 1 aromatic heterocycles. The van der Waals surface area contributed by atoms with Gasteiger partial charge in [-0.1, -0.05) is 18.2 Å². The molecule has 2 aromatic rings. The number of cyclic esters (lactones) is 1. The van der Waals surface area contributed by atoms with Crippen molar-refractivity contribution < 1.29 is 23.8 Å². The van der Waals surface area contributed by atoms with Crippen molar-refractivity contribution in [3.8, 4) is 0 Å². The summed E-state index contributed by atoms with van der Waals surface area (Å²) in [6.07, 6.45) is 2.69. The van der Waals surface area contributed by atoms with Crippen LogP contribution < -0.4 is 5.32 Å². The third-order valence-electron chi connectivity index (χ3n) is 4.11. The first kappa shape index (κ1) is 20.6. The van der Waals surface area contributed by atoms with Gasteiger partial charge in [-0.25, -0.2) is 9.59 Å². The van der Waals surface area contributed by atoms with Crippen LogP contribution in [0.25, 0.3) is 10.9 Å². The highest BCUT2D eigenvalue weighted by Crippen LogP contribution is 2.30. The molecule has 0 fully saturated rings. The number of carbonyl (C=O) groups excluding carboxylic acids is 2. The molecule has 0 bridgehead atoms. The summed E-state index contributed by atoms with van der Waals surface area (Å²) in [6, 6.07) is 9.16. The van der Waals surface area contributed by atoms with E-state index in [1.165, 1.54) is 6.08 Å². The van der Waals surface area contributed by atoms with Gasteiger partial charge in [0.2, 0.25) is 5.79 Å². The van der Waals surface area contributed by atoms with Crippen molar-refractivity contribution in [3.63, 3.8) is 0 Å². The van der Waals surface area contributed by atoms with Gasteiger partial charge in [-0.2, -0.15) is 0 Å². The number of fused-ring (bicyclic) bond motifs is 1. The van der Waals surface area contributed by atoms with Gasteiger partial charge >= 0.3 is 12.1 Å². The first-order valence-corrected chi connectivity index (χ1v) is 9.47. The number of amides is 1. The molecule has 0 saturated carbocycles. The molecule has 7 heteroatoms. The minimum absolute atomic E-state index is 0.248.